The summed E-state index contributed by atoms with van der Waals surface area (Å²) in [5, 5.41) is 12.3. The average Bonchev–Trinajstić information content (AvgIpc) is 3.00. The Labute approximate surface area is 216 Å². The zero-order chi connectivity index (χ0) is 27.7. The predicted octanol–water partition coefficient (Wildman–Crippen LogP) is 2.19. The molecule has 1 N–H and O–H groups in total. The topological polar surface area (TPSA) is 135 Å². The fourth-order valence-corrected chi connectivity index (χ4v) is 5.93. The van der Waals surface area contributed by atoms with Gasteiger partial charge in [0.15, 0.2) is 11.7 Å². The van der Waals surface area contributed by atoms with Crippen LogP contribution in [0.4, 0.5) is 0 Å². The van der Waals surface area contributed by atoms with E-state index in [2.05, 4.69) is 6.58 Å². The Morgan fingerprint density at radius 3 is 2.32 bits per heavy atom. The molecule has 3 rings (SSSR count). The average molecular weight is 521 g/mol. The maximum atomic E-state index is 12.8. The maximum absolute atomic E-state index is 12.8. The fourth-order valence-electron chi connectivity index (χ4n) is 5.93. The highest BCUT2D eigenvalue weighted by Gasteiger charge is 2.67. The second-order valence-electron chi connectivity index (χ2n) is 10.2. The fraction of sp³-hybridized carbons (Fsp3) is 0.630. The van der Waals surface area contributed by atoms with Crippen LogP contribution in [0.1, 0.15) is 47.5 Å². The molecule has 0 radical (unpaired) electrons. The third-order valence-electron chi connectivity index (χ3n) is 7.70. The monoisotopic (exact) mass is 520 g/mol. The van der Waals surface area contributed by atoms with Crippen LogP contribution < -0.4 is 0 Å². The van der Waals surface area contributed by atoms with Crippen molar-refractivity contribution >= 4 is 23.9 Å². The minimum atomic E-state index is -2.03. The first-order valence-corrected chi connectivity index (χ1v) is 12.3. The number of esters is 4. The number of hydrogen-bond acceptors (Lipinski definition) is 10. The van der Waals surface area contributed by atoms with Gasteiger partial charge in [-0.15, -0.1) is 0 Å². The molecule has 0 aromatic heterocycles. The second kappa shape index (κ2) is 10.8. The van der Waals surface area contributed by atoms with Gasteiger partial charge in [-0.1, -0.05) is 25.2 Å². The lowest BCUT2D eigenvalue weighted by Crippen LogP contribution is -2.65. The van der Waals surface area contributed by atoms with Crippen molar-refractivity contribution in [2.45, 2.75) is 77.5 Å². The highest BCUT2D eigenvalue weighted by Crippen LogP contribution is 2.55. The molecule has 2 aliphatic carbocycles. The van der Waals surface area contributed by atoms with Crippen LogP contribution in [0, 0.1) is 17.3 Å². The van der Waals surface area contributed by atoms with Crippen molar-refractivity contribution in [3.05, 3.63) is 36.0 Å². The normalized spacial score (nSPS) is 39.7. The summed E-state index contributed by atoms with van der Waals surface area (Å²) in [4.78, 5) is 49.7. The van der Waals surface area contributed by atoms with Crippen molar-refractivity contribution < 1.29 is 48.0 Å². The van der Waals surface area contributed by atoms with E-state index in [0.717, 1.165) is 0 Å². The molecule has 10 nitrogen and oxygen atoms in total. The molecule has 3 aliphatic rings. The van der Waals surface area contributed by atoms with Gasteiger partial charge < -0.3 is 28.8 Å². The quantitative estimate of drug-likeness (QED) is 0.326. The summed E-state index contributed by atoms with van der Waals surface area (Å²) in [6.45, 7) is 11.3. The zero-order valence-electron chi connectivity index (χ0n) is 22.1. The number of aliphatic hydroxyl groups is 1. The van der Waals surface area contributed by atoms with Crippen molar-refractivity contribution in [3.63, 3.8) is 0 Å². The van der Waals surface area contributed by atoms with Crippen molar-refractivity contribution in [1.82, 2.24) is 0 Å². The standard InChI is InChI=1S/C27H36O10/c1-14-8-10-20(34-16(3)28)26(6)21(35-17(4)29)11-9-19(13-33-7)12-22-27(32,15(2)25(31)37-22)24(23(14)26)36-18(5)30/h9,11-12,15,20-24,32H,1,8,10,13H2,2-7H3/b11-9-,19-12+/t15-,20-,21-,22-,23+,24-,26+,27-/m0/s1. The largest absolute Gasteiger partial charge is 0.462 e. The van der Waals surface area contributed by atoms with E-state index < -0.39 is 71.1 Å². The number of rotatable bonds is 5. The SMILES string of the molecule is C=C1CC[C@H](OC(C)=O)[C@]2(C)[C@@H](OC(C)=O)/C=C\C(COC)=C/[C@@H]3OC(=O)[C@H](C)[C@@]3(O)[C@@H](OC(C)=O)[C@@H]12. The van der Waals surface area contributed by atoms with Gasteiger partial charge in [-0.25, -0.2) is 0 Å². The van der Waals surface area contributed by atoms with Crippen molar-refractivity contribution in [2.24, 2.45) is 17.3 Å². The van der Waals surface area contributed by atoms with Crippen LogP contribution in [-0.2, 0) is 42.9 Å². The van der Waals surface area contributed by atoms with Crippen molar-refractivity contribution in [1.29, 1.82) is 0 Å². The molecule has 2 fully saturated rings. The molecule has 0 unspecified atom stereocenters. The third kappa shape index (κ3) is 5.22. The number of carbonyl (C=O) groups excluding carboxylic acids is 4. The summed E-state index contributed by atoms with van der Waals surface area (Å²) in [6, 6.07) is 0. The summed E-state index contributed by atoms with van der Waals surface area (Å²) < 4.78 is 28.2. The molecule has 0 bridgehead atoms. The van der Waals surface area contributed by atoms with Gasteiger partial charge in [0.2, 0.25) is 0 Å². The van der Waals surface area contributed by atoms with Crippen molar-refractivity contribution in [3.8, 4) is 0 Å². The van der Waals surface area contributed by atoms with Crippen LogP contribution in [0.15, 0.2) is 36.0 Å². The van der Waals surface area contributed by atoms with E-state index >= 15 is 0 Å². The first kappa shape index (κ1) is 28.6. The summed E-state index contributed by atoms with van der Waals surface area (Å²) in [5.41, 5.74) is -2.18. The van der Waals surface area contributed by atoms with Gasteiger partial charge in [0.05, 0.1) is 17.9 Å². The first-order chi connectivity index (χ1) is 17.3. The third-order valence-corrected chi connectivity index (χ3v) is 7.70. The predicted molar refractivity (Wildman–Crippen MR) is 130 cm³/mol. The highest BCUT2D eigenvalue weighted by molar-refractivity contribution is 5.78. The molecule has 1 saturated carbocycles. The molecular weight excluding hydrogens is 484 g/mol. The van der Waals surface area contributed by atoms with Gasteiger partial charge >= 0.3 is 23.9 Å². The van der Waals surface area contributed by atoms with Gasteiger partial charge in [0.1, 0.15) is 18.3 Å². The zero-order valence-corrected chi connectivity index (χ0v) is 22.1. The van der Waals surface area contributed by atoms with E-state index in [4.69, 9.17) is 23.7 Å². The molecule has 37 heavy (non-hydrogen) atoms. The van der Waals surface area contributed by atoms with E-state index in [1.165, 1.54) is 34.8 Å². The number of methoxy groups -OCH3 is 1. The molecule has 10 heteroatoms. The second-order valence-corrected chi connectivity index (χ2v) is 10.2. The highest BCUT2D eigenvalue weighted by atomic mass is 16.6. The lowest BCUT2D eigenvalue weighted by molar-refractivity contribution is -0.214. The van der Waals surface area contributed by atoms with Crippen LogP contribution >= 0.6 is 0 Å². The Morgan fingerprint density at radius 2 is 1.76 bits per heavy atom. The molecular formula is C27H36O10. The number of carbonyl (C=O) groups is 4. The number of hydrogen-bond donors (Lipinski definition) is 1. The minimum absolute atomic E-state index is 0.0836. The van der Waals surface area contributed by atoms with E-state index in [1.54, 1.807) is 25.2 Å². The van der Waals surface area contributed by atoms with Gasteiger partial charge in [0, 0.05) is 33.8 Å². The lowest BCUT2D eigenvalue weighted by Gasteiger charge is -2.54. The van der Waals surface area contributed by atoms with Crippen LogP contribution in [0.5, 0.6) is 0 Å². The number of fused-ring (bicyclic) bond motifs is 2. The summed E-state index contributed by atoms with van der Waals surface area (Å²) >= 11 is 0. The lowest BCUT2D eigenvalue weighted by atomic mass is 9.55. The molecule has 0 amide bonds. The summed E-state index contributed by atoms with van der Waals surface area (Å²) in [5.74, 6) is -4.50. The molecule has 0 aromatic rings. The Kier molecular flexibility index (Phi) is 8.34. The smallest absolute Gasteiger partial charge is 0.312 e. The molecule has 0 spiro atoms. The van der Waals surface area contributed by atoms with E-state index in [0.29, 0.717) is 24.0 Å². The van der Waals surface area contributed by atoms with Gasteiger partial charge in [-0.2, -0.15) is 0 Å². The van der Waals surface area contributed by atoms with Gasteiger partial charge in [-0.05, 0) is 37.5 Å². The minimum Gasteiger partial charge on any atom is -0.462 e. The van der Waals surface area contributed by atoms with Crippen LogP contribution in [-0.4, -0.2) is 72.7 Å². The number of ether oxygens (including phenoxy) is 5. The Morgan fingerprint density at radius 1 is 1.14 bits per heavy atom. The van der Waals surface area contributed by atoms with Crippen molar-refractivity contribution in [2.75, 3.05) is 13.7 Å². The molecule has 1 aliphatic heterocycles. The molecule has 0 aromatic carbocycles. The summed E-state index contributed by atoms with van der Waals surface area (Å²) in [6.07, 6.45) is 1.22. The first-order valence-electron chi connectivity index (χ1n) is 12.3. The Bertz CT molecular complexity index is 1030. The Balaban J connectivity index is 2.39. The van der Waals surface area contributed by atoms with Gasteiger partial charge in [-0.3, -0.25) is 19.2 Å². The van der Waals surface area contributed by atoms with E-state index in [-0.39, 0.29) is 6.61 Å². The maximum Gasteiger partial charge on any atom is 0.312 e. The molecule has 1 saturated heterocycles. The van der Waals surface area contributed by atoms with Crippen LogP contribution in [0.2, 0.25) is 0 Å². The van der Waals surface area contributed by atoms with Gasteiger partial charge in [0.25, 0.3) is 0 Å². The molecule has 1 heterocycles. The molecule has 204 valence electrons. The van der Waals surface area contributed by atoms with E-state index in [9.17, 15) is 24.3 Å². The van der Waals surface area contributed by atoms with Crippen LogP contribution in [0.25, 0.3) is 0 Å². The Hall–Kier alpha value is -2.98. The summed E-state index contributed by atoms with van der Waals surface area (Å²) in [7, 11) is 1.48. The van der Waals surface area contributed by atoms with E-state index in [1.807, 2.05) is 0 Å². The van der Waals surface area contributed by atoms with Crippen LogP contribution in [0.3, 0.4) is 0 Å². The molecule has 8 atom stereocenters.